The molecule has 1 aliphatic carbocycles. The van der Waals surface area contributed by atoms with Gasteiger partial charge >= 0.3 is 29.8 Å². The molecule has 9 rings (SSSR count). The van der Waals surface area contributed by atoms with E-state index in [0.717, 1.165) is 0 Å². The Bertz CT molecular complexity index is 3100. The standard InChI is InChI=1S/C51H29Cl5O11/c52-33-11-1-27(2-12-33)46(57)63-40-22-21-38-43-39-24-42(65-48(59)29-5-15-35(54)16-6-29)41(64-47(58)28-3-13-34(53)14-4-28)23-32(39)25-51(43,67-50(61)31-9-19-37(56)20-10-31)26-62-44(38)45(40)66-49(60)30-7-17-36(55)18-8-30/h1-24,43H,25-26H2/t43-,51+/m0/s1. The summed E-state index contributed by atoms with van der Waals surface area (Å²) in [6.45, 7) is -0.349. The molecule has 0 amide bonds. The highest BCUT2D eigenvalue weighted by atomic mass is 35.5. The van der Waals surface area contributed by atoms with Gasteiger partial charge in [-0.25, -0.2) is 24.0 Å². The molecule has 1 heterocycles. The minimum atomic E-state index is -1.54. The third-order valence-electron chi connectivity index (χ3n) is 10.9. The van der Waals surface area contributed by atoms with Gasteiger partial charge in [0.15, 0.2) is 28.6 Å². The molecule has 0 saturated carbocycles. The summed E-state index contributed by atoms with van der Waals surface area (Å²) in [7, 11) is 0. The van der Waals surface area contributed by atoms with Crippen LogP contribution in [-0.4, -0.2) is 42.1 Å². The Labute approximate surface area is 406 Å². The number of carbonyl (C=O) groups excluding carboxylic acids is 5. The summed E-state index contributed by atoms with van der Waals surface area (Å²) in [5.74, 6) is -5.73. The molecule has 7 aromatic carbocycles. The van der Waals surface area contributed by atoms with Crippen molar-refractivity contribution in [2.45, 2.75) is 17.9 Å². The van der Waals surface area contributed by atoms with Gasteiger partial charge in [-0.15, -0.1) is 0 Å². The lowest BCUT2D eigenvalue weighted by Crippen LogP contribution is -2.48. The molecule has 0 bridgehead atoms. The molecule has 1 aliphatic heterocycles. The Morgan fingerprint density at radius 2 is 0.806 bits per heavy atom. The van der Waals surface area contributed by atoms with Crippen molar-refractivity contribution in [1.82, 2.24) is 0 Å². The van der Waals surface area contributed by atoms with Crippen molar-refractivity contribution in [2.24, 2.45) is 0 Å². The van der Waals surface area contributed by atoms with E-state index in [-0.39, 0.29) is 69.6 Å². The highest BCUT2D eigenvalue weighted by Crippen LogP contribution is 2.58. The van der Waals surface area contributed by atoms with Gasteiger partial charge in [-0.1, -0.05) is 64.1 Å². The van der Waals surface area contributed by atoms with Crippen LogP contribution < -0.4 is 23.7 Å². The molecule has 0 aromatic heterocycles. The second-order valence-electron chi connectivity index (χ2n) is 15.3. The lowest BCUT2D eigenvalue weighted by Gasteiger charge is -2.40. The fraction of sp³-hybridized carbons (Fsp3) is 0.0784. The average molecular weight is 995 g/mol. The zero-order valence-electron chi connectivity index (χ0n) is 34.2. The number of ether oxygens (including phenoxy) is 6. The van der Waals surface area contributed by atoms with Crippen molar-refractivity contribution in [2.75, 3.05) is 6.61 Å². The molecule has 11 nitrogen and oxygen atoms in total. The molecule has 0 radical (unpaired) electrons. The van der Waals surface area contributed by atoms with Crippen molar-refractivity contribution in [1.29, 1.82) is 0 Å². The summed E-state index contributed by atoms with van der Waals surface area (Å²) >= 11 is 30.5. The predicted octanol–water partition coefficient (Wildman–Crippen LogP) is 12.5. The van der Waals surface area contributed by atoms with Crippen LogP contribution >= 0.6 is 58.0 Å². The van der Waals surface area contributed by atoms with Crippen LogP contribution in [0.25, 0.3) is 0 Å². The summed E-state index contributed by atoms with van der Waals surface area (Å²) in [4.78, 5) is 68.9. The fourth-order valence-corrected chi connectivity index (χ4v) is 8.36. The van der Waals surface area contributed by atoms with Crippen molar-refractivity contribution < 1.29 is 52.4 Å². The minimum Gasteiger partial charge on any atom is -0.485 e. The number of carbonyl (C=O) groups is 5. The van der Waals surface area contributed by atoms with Gasteiger partial charge in [0.25, 0.3) is 0 Å². The van der Waals surface area contributed by atoms with Gasteiger partial charge in [-0.05, 0) is 151 Å². The number of hydrogen-bond acceptors (Lipinski definition) is 11. The molecule has 0 N–H and O–H groups in total. The van der Waals surface area contributed by atoms with E-state index in [4.69, 9.17) is 86.4 Å². The maximum Gasteiger partial charge on any atom is 0.343 e. The number of fused-ring (bicyclic) bond motifs is 5. The summed E-state index contributed by atoms with van der Waals surface area (Å²) in [5, 5.41) is 1.94. The normalized spacial score (nSPS) is 15.4. The van der Waals surface area contributed by atoms with Gasteiger partial charge < -0.3 is 28.4 Å². The van der Waals surface area contributed by atoms with Crippen LogP contribution in [0, 0.1) is 0 Å². The molecular formula is C51H29Cl5O11. The van der Waals surface area contributed by atoms with Gasteiger partial charge in [-0.3, -0.25) is 0 Å². The second kappa shape index (κ2) is 18.8. The average Bonchev–Trinajstić information content (AvgIpc) is 3.63. The van der Waals surface area contributed by atoms with Crippen molar-refractivity contribution in [3.8, 4) is 28.7 Å². The third kappa shape index (κ3) is 9.56. The lowest BCUT2D eigenvalue weighted by atomic mass is 9.80. The Morgan fingerprint density at radius 3 is 1.24 bits per heavy atom. The van der Waals surface area contributed by atoms with Crippen molar-refractivity contribution >= 4 is 87.9 Å². The van der Waals surface area contributed by atoms with Gasteiger partial charge in [0.2, 0.25) is 5.75 Å². The highest BCUT2D eigenvalue weighted by Gasteiger charge is 2.56. The van der Waals surface area contributed by atoms with Crippen LogP contribution in [0.2, 0.25) is 25.1 Å². The van der Waals surface area contributed by atoms with E-state index in [2.05, 4.69) is 0 Å². The maximum atomic E-state index is 14.1. The quantitative estimate of drug-likeness (QED) is 0.0955. The van der Waals surface area contributed by atoms with Gasteiger partial charge in [-0.2, -0.15) is 0 Å². The number of halogens is 5. The van der Waals surface area contributed by atoms with E-state index in [1.165, 1.54) is 127 Å². The summed E-state index contributed by atoms with van der Waals surface area (Å²) in [6.07, 6.45) is -0.0180. The zero-order valence-corrected chi connectivity index (χ0v) is 38.0. The van der Waals surface area contributed by atoms with E-state index in [9.17, 15) is 24.0 Å². The Hall–Kier alpha value is -6.86. The molecule has 7 aromatic rings. The van der Waals surface area contributed by atoms with Crippen molar-refractivity contribution in [3.05, 3.63) is 215 Å². The number of hydrogen-bond donors (Lipinski definition) is 0. The fourth-order valence-electron chi connectivity index (χ4n) is 7.73. The first-order valence-corrected chi connectivity index (χ1v) is 22.0. The second-order valence-corrected chi connectivity index (χ2v) is 17.4. The smallest absolute Gasteiger partial charge is 0.343 e. The first kappa shape index (κ1) is 45.3. The van der Waals surface area contributed by atoms with Gasteiger partial charge in [0.1, 0.15) is 6.61 Å². The maximum absolute atomic E-state index is 14.1. The van der Waals surface area contributed by atoms with Crippen LogP contribution in [0.15, 0.2) is 146 Å². The molecule has 0 fully saturated rings. The van der Waals surface area contributed by atoms with E-state index in [1.807, 2.05) is 0 Å². The molecule has 2 atom stereocenters. The van der Waals surface area contributed by atoms with Crippen molar-refractivity contribution in [3.63, 3.8) is 0 Å². The summed E-state index contributed by atoms with van der Waals surface area (Å²) in [6, 6.07) is 36.0. The summed E-state index contributed by atoms with van der Waals surface area (Å²) < 4.78 is 36.8. The first-order valence-electron chi connectivity index (χ1n) is 20.1. The van der Waals surface area contributed by atoms with Crippen LogP contribution in [0.5, 0.6) is 28.7 Å². The minimum absolute atomic E-state index is 0.0180. The van der Waals surface area contributed by atoms with E-state index >= 15 is 0 Å². The molecule has 67 heavy (non-hydrogen) atoms. The Kier molecular flexibility index (Phi) is 12.7. The van der Waals surface area contributed by atoms with E-state index in [1.54, 1.807) is 18.2 Å². The highest BCUT2D eigenvalue weighted by molar-refractivity contribution is 6.32. The number of esters is 5. The summed E-state index contributed by atoms with van der Waals surface area (Å²) in [5.41, 5.74) is 0.459. The number of benzene rings is 7. The molecule has 16 heteroatoms. The lowest BCUT2D eigenvalue weighted by molar-refractivity contribution is -0.0527. The molecule has 0 spiro atoms. The Morgan fingerprint density at radius 1 is 0.433 bits per heavy atom. The van der Waals surface area contributed by atoms with Crippen LogP contribution in [0.1, 0.15) is 74.4 Å². The topological polar surface area (TPSA) is 141 Å². The molecule has 0 unspecified atom stereocenters. The molecule has 0 saturated heterocycles. The molecule has 2 aliphatic rings. The monoisotopic (exact) mass is 992 g/mol. The van der Waals surface area contributed by atoms with Gasteiger partial charge in [0, 0.05) is 37.1 Å². The zero-order chi connectivity index (χ0) is 47.0. The van der Waals surface area contributed by atoms with Crippen LogP contribution in [-0.2, 0) is 11.2 Å². The van der Waals surface area contributed by atoms with Crippen LogP contribution in [0.4, 0.5) is 0 Å². The van der Waals surface area contributed by atoms with E-state index < -0.39 is 41.4 Å². The molecule has 334 valence electrons. The third-order valence-corrected chi connectivity index (χ3v) is 12.2. The molecular weight excluding hydrogens is 966 g/mol. The first-order chi connectivity index (χ1) is 32.2. The SMILES string of the molecule is O=C(Oc1cc2c(cc1OC(=O)c1ccc(Cl)cc1)[C@@H]1c3ccc(OC(=O)c4ccc(Cl)cc4)c(OC(=O)c4ccc(Cl)cc4)c3OC[C@]1(OC(=O)c1ccc(Cl)cc1)C2)c1ccc(Cl)cc1. The van der Waals surface area contributed by atoms with E-state index in [0.29, 0.717) is 41.8 Å². The largest absolute Gasteiger partial charge is 0.485 e. The van der Waals surface area contributed by atoms with Crippen LogP contribution in [0.3, 0.4) is 0 Å². The number of rotatable bonds is 10. The predicted molar refractivity (Wildman–Crippen MR) is 249 cm³/mol. The van der Waals surface area contributed by atoms with Gasteiger partial charge in [0.05, 0.1) is 33.7 Å². The Balaban J connectivity index is 1.19.